The Bertz CT molecular complexity index is 1220. The highest BCUT2D eigenvalue weighted by atomic mass is 16.5. The van der Waals surface area contributed by atoms with Crippen LogP contribution in [-0.4, -0.2) is 18.3 Å². The van der Waals surface area contributed by atoms with Crippen molar-refractivity contribution in [2.45, 2.75) is 13.5 Å². The highest BCUT2D eigenvalue weighted by Gasteiger charge is 2.11. The van der Waals surface area contributed by atoms with Crippen molar-refractivity contribution in [2.24, 2.45) is 5.10 Å². The van der Waals surface area contributed by atoms with Crippen LogP contribution in [0.1, 0.15) is 22.4 Å². The van der Waals surface area contributed by atoms with Crippen molar-refractivity contribution >= 4 is 33.6 Å². The van der Waals surface area contributed by atoms with Gasteiger partial charge in [0.25, 0.3) is 0 Å². The average molecular weight is 380 g/mol. The first-order valence-corrected chi connectivity index (χ1v) is 9.30. The molecule has 4 aromatic rings. The number of pyridine rings is 1. The molecule has 1 heterocycles. The number of rotatable bonds is 5. The van der Waals surface area contributed by atoms with Gasteiger partial charge in [0.1, 0.15) is 11.6 Å². The fourth-order valence-electron chi connectivity index (χ4n) is 3.56. The van der Waals surface area contributed by atoms with Crippen LogP contribution in [0.4, 0.5) is 5.82 Å². The summed E-state index contributed by atoms with van der Waals surface area (Å²) in [6.07, 6.45) is 1.80. The van der Waals surface area contributed by atoms with E-state index in [1.54, 1.807) is 13.3 Å². The van der Waals surface area contributed by atoms with E-state index in [9.17, 15) is 5.26 Å². The third-order valence-electron chi connectivity index (χ3n) is 4.82. The summed E-state index contributed by atoms with van der Waals surface area (Å²) in [6.45, 7) is 2.23. The maximum absolute atomic E-state index is 9.58. The molecule has 1 N–H and O–H groups in total. The second-order valence-electron chi connectivity index (χ2n) is 6.79. The number of nitriles is 1. The normalized spacial score (nSPS) is 11.2. The molecule has 3 aromatic carbocycles. The molecule has 0 radical (unpaired) electrons. The molecular formula is C24H20N4O. The lowest BCUT2D eigenvalue weighted by Gasteiger charge is -2.10. The maximum atomic E-state index is 9.58. The van der Waals surface area contributed by atoms with Crippen molar-refractivity contribution in [1.29, 1.82) is 5.26 Å². The summed E-state index contributed by atoms with van der Waals surface area (Å²) in [5.41, 5.74) is 6.01. The monoisotopic (exact) mass is 380 g/mol. The lowest BCUT2D eigenvalue weighted by atomic mass is 9.97. The molecule has 0 aliphatic heterocycles. The molecule has 0 bridgehead atoms. The Labute approximate surface area is 169 Å². The zero-order valence-corrected chi connectivity index (χ0v) is 16.3. The second kappa shape index (κ2) is 8.09. The number of hydrogen-bond donors (Lipinski definition) is 1. The first-order chi connectivity index (χ1) is 14.2. The maximum Gasteiger partial charge on any atom is 0.164 e. The van der Waals surface area contributed by atoms with E-state index in [0.717, 1.165) is 38.4 Å². The number of aromatic nitrogens is 1. The Morgan fingerprint density at radius 2 is 1.72 bits per heavy atom. The molecule has 0 fully saturated rings. The van der Waals surface area contributed by atoms with Gasteiger partial charge in [-0.2, -0.15) is 10.4 Å². The van der Waals surface area contributed by atoms with E-state index < -0.39 is 0 Å². The Morgan fingerprint density at radius 3 is 2.34 bits per heavy atom. The Morgan fingerprint density at radius 1 is 1.07 bits per heavy atom. The first kappa shape index (κ1) is 18.6. The smallest absolute Gasteiger partial charge is 0.164 e. The molecule has 0 saturated heterocycles. The van der Waals surface area contributed by atoms with Crippen LogP contribution in [0.2, 0.25) is 0 Å². The topological polar surface area (TPSA) is 70.3 Å². The fraction of sp³-hybridized carbons (Fsp3) is 0.125. The van der Waals surface area contributed by atoms with Crippen LogP contribution >= 0.6 is 0 Å². The molecule has 142 valence electrons. The number of anilines is 1. The standard InChI is InChI=1S/C24H20N4O/c1-16-11-19(15-29-2)22(13-25)24(27-16)28-26-14-23-20-9-5-3-7-17(20)12-18-8-4-6-10-21(18)23/h3-12,14H,15H2,1-2H3,(H,27,28)/b26-14-. The third-order valence-corrected chi connectivity index (χ3v) is 4.82. The van der Waals surface area contributed by atoms with E-state index in [1.165, 1.54) is 0 Å². The van der Waals surface area contributed by atoms with Crippen molar-refractivity contribution in [1.82, 2.24) is 4.98 Å². The number of benzene rings is 3. The van der Waals surface area contributed by atoms with Crippen molar-refractivity contribution in [2.75, 3.05) is 12.5 Å². The molecule has 0 unspecified atom stereocenters. The number of hydrazone groups is 1. The first-order valence-electron chi connectivity index (χ1n) is 9.30. The van der Waals surface area contributed by atoms with Crippen LogP contribution in [0.25, 0.3) is 21.5 Å². The molecule has 4 rings (SSSR count). The quantitative estimate of drug-likeness (QED) is 0.295. The van der Waals surface area contributed by atoms with Crippen LogP contribution < -0.4 is 5.43 Å². The number of nitrogens with zero attached hydrogens (tertiary/aromatic N) is 3. The SMILES string of the molecule is COCc1cc(C)nc(N/N=C\c2c3ccccc3cc3ccccc23)c1C#N. The van der Waals surface area contributed by atoms with Crippen LogP contribution in [-0.2, 0) is 11.3 Å². The van der Waals surface area contributed by atoms with Crippen LogP contribution in [0.15, 0.2) is 65.8 Å². The van der Waals surface area contributed by atoms with Crippen LogP contribution in [0, 0.1) is 18.3 Å². The van der Waals surface area contributed by atoms with E-state index in [-0.39, 0.29) is 0 Å². The molecule has 1 aromatic heterocycles. The minimum absolute atomic E-state index is 0.346. The van der Waals surface area contributed by atoms with E-state index in [0.29, 0.717) is 18.0 Å². The summed E-state index contributed by atoms with van der Waals surface area (Å²) in [5, 5.41) is 18.6. The Hall–Kier alpha value is -3.75. The molecule has 0 aliphatic carbocycles. The van der Waals surface area contributed by atoms with Crippen molar-refractivity contribution in [3.63, 3.8) is 0 Å². The lowest BCUT2D eigenvalue weighted by molar-refractivity contribution is 0.184. The number of ether oxygens (including phenoxy) is 1. The summed E-state index contributed by atoms with van der Waals surface area (Å²) >= 11 is 0. The molecule has 5 heteroatoms. The average Bonchev–Trinajstić information content (AvgIpc) is 2.73. The summed E-state index contributed by atoms with van der Waals surface area (Å²) < 4.78 is 5.21. The fourth-order valence-corrected chi connectivity index (χ4v) is 3.56. The largest absolute Gasteiger partial charge is 0.380 e. The van der Waals surface area contributed by atoms with Gasteiger partial charge in [0.05, 0.1) is 12.8 Å². The molecule has 0 spiro atoms. The summed E-state index contributed by atoms with van der Waals surface area (Å²) in [7, 11) is 1.60. The van der Waals surface area contributed by atoms with Crippen LogP contribution in [0.3, 0.4) is 0 Å². The third kappa shape index (κ3) is 3.66. The molecule has 0 amide bonds. The number of aryl methyl sites for hydroxylation is 1. The molecule has 0 saturated carbocycles. The van der Waals surface area contributed by atoms with Crippen molar-refractivity contribution in [3.05, 3.63) is 83.0 Å². The molecule has 0 aliphatic rings. The molecule has 29 heavy (non-hydrogen) atoms. The van der Waals surface area contributed by atoms with Gasteiger partial charge in [-0.15, -0.1) is 0 Å². The van der Waals surface area contributed by atoms with Crippen molar-refractivity contribution in [3.8, 4) is 6.07 Å². The number of hydrogen-bond acceptors (Lipinski definition) is 5. The number of methoxy groups -OCH3 is 1. The zero-order valence-electron chi connectivity index (χ0n) is 16.3. The van der Waals surface area contributed by atoms with Gasteiger partial charge in [-0.1, -0.05) is 48.5 Å². The van der Waals surface area contributed by atoms with Gasteiger partial charge in [-0.3, -0.25) is 5.43 Å². The van der Waals surface area contributed by atoms with Crippen LogP contribution in [0.5, 0.6) is 0 Å². The summed E-state index contributed by atoms with van der Waals surface area (Å²) in [6, 6.07) is 22.7. The minimum Gasteiger partial charge on any atom is -0.380 e. The van der Waals surface area contributed by atoms with Gasteiger partial charge >= 0.3 is 0 Å². The van der Waals surface area contributed by atoms with Gasteiger partial charge in [-0.25, -0.2) is 4.98 Å². The van der Waals surface area contributed by atoms with Gasteiger partial charge in [0.15, 0.2) is 5.82 Å². The predicted molar refractivity (Wildman–Crippen MR) is 117 cm³/mol. The highest BCUT2D eigenvalue weighted by Crippen LogP contribution is 2.27. The number of fused-ring (bicyclic) bond motifs is 2. The Kier molecular flexibility index (Phi) is 5.19. The highest BCUT2D eigenvalue weighted by molar-refractivity contribution is 6.13. The number of nitrogens with one attached hydrogen (secondary N) is 1. The predicted octanol–water partition coefficient (Wildman–Crippen LogP) is 5.16. The van der Waals surface area contributed by atoms with Crippen molar-refractivity contribution < 1.29 is 4.74 Å². The molecule has 5 nitrogen and oxygen atoms in total. The Balaban J connectivity index is 1.77. The van der Waals surface area contributed by atoms with Gasteiger partial charge < -0.3 is 4.74 Å². The van der Waals surface area contributed by atoms with Gasteiger partial charge in [-0.05, 0) is 40.6 Å². The zero-order chi connectivity index (χ0) is 20.2. The van der Waals surface area contributed by atoms with E-state index >= 15 is 0 Å². The molecular weight excluding hydrogens is 360 g/mol. The van der Waals surface area contributed by atoms with E-state index in [1.807, 2.05) is 37.3 Å². The van der Waals surface area contributed by atoms with E-state index in [2.05, 4.69) is 51.9 Å². The summed E-state index contributed by atoms with van der Waals surface area (Å²) in [5.74, 6) is 0.431. The lowest BCUT2D eigenvalue weighted by Crippen LogP contribution is -2.03. The van der Waals surface area contributed by atoms with Gasteiger partial charge in [0.2, 0.25) is 0 Å². The minimum atomic E-state index is 0.346. The summed E-state index contributed by atoms with van der Waals surface area (Å²) in [4.78, 5) is 4.44. The second-order valence-corrected chi connectivity index (χ2v) is 6.79. The van der Waals surface area contributed by atoms with Gasteiger partial charge in [0, 0.05) is 23.9 Å². The molecule has 0 atom stereocenters. The van der Waals surface area contributed by atoms with E-state index in [4.69, 9.17) is 4.74 Å².